The van der Waals surface area contributed by atoms with Crippen LogP contribution in [-0.2, 0) is 20.0 Å². The van der Waals surface area contributed by atoms with Gasteiger partial charge in [-0.05, 0) is 44.7 Å². The summed E-state index contributed by atoms with van der Waals surface area (Å²) in [5.74, 6) is 0. The van der Waals surface area contributed by atoms with Crippen molar-refractivity contribution in [2.75, 3.05) is 13.6 Å². The molecule has 0 bridgehead atoms. The van der Waals surface area contributed by atoms with Gasteiger partial charge in [0.2, 0.25) is 20.0 Å². The van der Waals surface area contributed by atoms with Gasteiger partial charge in [0.25, 0.3) is 0 Å². The molecule has 1 aromatic rings. The second-order valence-corrected chi connectivity index (χ2v) is 8.00. The van der Waals surface area contributed by atoms with Crippen molar-refractivity contribution >= 4 is 20.0 Å². The number of hydrogen-bond acceptors (Lipinski definition) is 5. The van der Waals surface area contributed by atoms with E-state index in [1.54, 1.807) is 6.92 Å². The topological polar surface area (TPSA) is 118 Å². The molecule has 0 aliphatic rings. The standard InChI is InChI=1S/C11H19N3O4S2/c1-9(12)7-8-14-20(17,18)11-5-3-10(4-6-11)19(15,16)13-2/h3-6,9,13-14H,7-8,12H2,1-2H3. The van der Waals surface area contributed by atoms with Crippen LogP contribution in [0.3, 0.4) is 0 Å². The number of nitrogens with two attached hydrogens (primary N) is 1. The minimum Gasteiger partial charge on any atom is -0.328 e. The van der Waals surface area contributed by atoms with Crippen LogP contribution < -0.4 is 15.2 Å². The van der Waals surface area contributed by atoms with E-state index in [1.165, 1.54) is 31.3 Å². The molecule has 0 aliphatic heterocycles. The fourth-order valence-electron chi connectivity index (χ4n) is 1.42. The maximum Gasteiger partial charge on any atom is 0.240 e. The summed E-state index contributed by atoms with van der Waals surface area (Å²) >= 11 is 0. The van der Waals surface area contributed by atoms with Gasteiger partial charge in [0.15, 0.2) is 0 Å². The lowest BCUT2D eigenvalue weighted by molar-refractivity contribution is 0.571. The fraction of sp³-hybridized carbons (Fsp3) is 0.455. The third-order valence-corrected chi connectivity index (χ3v) is 5.51. The van der Waals surface area contributed by atoms with E-state index < -0.39 is 20.0 Å². The summed E-state index contributed by atoms with van der Waals surface area (Å²) in [6, 6.07) is 4.88. The molecule has 20 heavy (non-hydrogen) atoms. The zero-order chi connectivity index (χ0) is 15.4. The van der Waals surface area contributed by atoms with Gasteiger partial charge in [0.1, 0.15) is 0 Å². The average Bonchev–Trinajstić information content (AvgIpc) is 2.38. The van der Waals surface area contributed by atoms with E-state index in [0.29, 0.717) is 6.42 Å². The summed E-state index contributed by atoms with van der Waals surface area (Å²) in [7, 11) is -5.93. The van der Waals surface area contributed by atoms with Gasteiger partial charge in [-0.3, -0.25) is 0 Å². The van der Waals surface area contributed by atoms with E-state index in [-0.39, 0.29) is 22.4 Å². The smallest absolute Gasteiger partial charge is 0.240 e. The van der Waals surface area contributed by atoms with Crippen LogP contribution in [0.4, 0.5) is 0 Å². The molecule has 1 rings (SSSR count). The SMILES string of the molecule is CNS(=O)(=O)c1ccc(S(=O)(=O)NCCC(C)N)cc1. The number of nitrogens with one attached hydrogen (secondary N) is 2. The number of hydrogen-bond donors (Lipinski definition) is 3. The molecule has 0 heterocycles. The van der Waals surface area contributed by atoms with Crippen LogP contribution in [0.5, 0.6) is 0 Å². The first-order chi connectivity index (χ1) is 9.19. The zero-order valence-electron chi connectivity index (χ0n) is 11.3. The summed E-state index contributed by atoms with van der Waals surface area (Å²) in [6.07, 6.45) is 0.519. The zero-order valence-corrected chi connectivity index (χ0v) is 13.0. The highest BCUT2D eigenvalue weighted by Crippen LogP contribution is 2.14. The molecule has 114 valence electrons. The summed E-state index contributed by atoms with van der Waals surface area (Å²) in [5, 5.41) is 0. The highest BCUT2D eigenvalue weighted by atomic mass is 32.2. The van der Waals surface area contributed by atoms with Crippen molar-refractivity contribution in [3.05, 3.63) is 24.3 Å². The highest BCUT2D eigenvalue weighted by molar-refractivity contribution is 7.90. The highest BCUT2D eigenvalue weighted by Gasteiger charge is 2.16. The van der Waals surface area contributed by atoms with E-state index in [2.05, 4.69) is 9.44 Å². The van der Waals surface area contributed by atoms with Crippen molar-refractivity contribution in [1.82, 2.24) is 9.44 Å². The van der Waals surface area contributed by atoms with E-state index >= 15 is 0 Å². The third kappa shape index (κ3) is 4.53. The van der Waals surface area contributed by atoms with Crippen molar-refractivity contribution in [3.8, 4) is 0 Å². The monoisotopic (exact) mass is 321 g/mol. The molecule has 0 aromatic heterocycles. The number of rotatable bonds is 7. The van der Waals surface area contributed by atoms with Crippen LogP contribution in [0.25, 0.3) is 0 Å². The molecular weight excluding hydrogens is 302 g/mol. The minimum atomic E-state index is -3.65. The second kappa shape index (κ2) is 6.64. The summed E-state index contributed by atoms with van der Waals surface area (Å²) in [6.45, 7) is 2.02. The molecule has 0 spiro atoms. The van der Waals surface area contributed by atoms with E-state index in [0.717, 1.165) is 0 Å². The second-order valence-electron chi connectivity index (χ2n) is 4.34. The van der Waals surface area contributed by atoms with Crippen LogP contribution in [0.15, 0.2) is 34.1 Å². The van der Waals surface area contributed by atoms with E-state index in [1.807, 2.05) is 0 Å². The van der Waals surface area contributed by atoms with Crippen LogP contribution in [0.2, 0.25) is 0 Å². The molecule has 1 unspecified atom stereocenters. The van der Waals surface area contributed by atoms with Crippen molar-refractivity contribution in [2.24, 2.45) is 5.73 Å². The molecule has 9 heteroatoms. The Morgan fingerprint density at radius 1 is 1.05 bits per heavy atom. The molecule has 0 saturated heterocycles. The molecule has 0 fully saturated rings. The van der Waals surface area contributed by atoms with Gasteiger partial charge >= 0.3 is 0 Å². The Morgan fingerprint density at radius 3 is 1.90 bits per heavy atom. The maximum absolute atomic E-state index is 11.9. The van der Waals surface area contributed by atoms with Crippen LogP contribution in [0.1, 0.15) is 13.3 Å². The van der Waals surface area contributed by atoms with Crippen molar-refractivity contribution < 1.29 is 16.8 Å². The van der Waals surface area contributed by atoms with Crippen LogP contribution >= 0.6 is 0 Å². The third-order valence-electron chi connectivity index (χ3n) is 2.60. The Bertz CT molecular complexity index is 637. The van der Waals surface area contributed by atoms with Gasteiger partial charge in [-0.1, -0.05) is 0 Å². The van der Waals surface area contributed by atoms with Crippen molar-refractivity contribution in [2.45, 2.75) is 29.2 Å². The lowest BCUT2D eigenvalue weighted by atomic mass is 10.3. The lowest BCUT2D eigenvalue weighted by Gasteiger charge is -2.09. The van der Waals surface area contributed by atoms with E-state index in [9.17, 15) is 16.8 Å². The van der Waals surface area contributed by atoms with Gasteiger partial charge in [-0.2, -0.15) is 0 Å². The molecule has 1 atom stereocenters. The van der Waals surface area contributed by atoms with Gasteiger partial charge in [-0.25, -0.2) is 26.3 Å². The molecule has 4 N–H and O–H groups in total. The van der Waals surface area contributed by atoms with Gasteiger partial charge in [0, 0.05) is 12.6 Å². The molecule has 0 aliphatic carbocycles. The Balaban J connectivity index is 2.88. The fourth-order valence-corrected chi connectivity index (χ4v) is 3.20. The number of sulfonamides is 2. The quantitative estimate of drug-likeness (QED) is 0.632. The largest absolute Gasteiger partial charge is 0.328 e. The first-order valence-electron chi connectivity index (χ1n) is 5.98. The molecular formula is C11H19N3O4S2. The summed E-state index contributed by atoms with van der Waals surface area (Å²) in [4.78, 5) is 0.0201. The minimum absolute atomic E-state index is 0.00882. The van der Waals surface area contributed by atoms with Gasteiger partial charge in [-0.15, -0.1) is 0 Å². The molecule has 0 amide bonds. The van der Waals surface area contributed by atoms with Crippen LogP contribution in [0, 0.1) is 0 Å². The lowest BCUT2D eigenvalue weighted by Crippen LogP contribution is -2.29. The molecule has 7 nitrogen and oxygen atoms in total. The van der Waals surface area contributed by atoms with E-state index in [4.69, 9.17) is 5.73 Å². The predicted molar refractivity (Wildman–Crippen MR) is 76.1 cm³/mol. The molecule has 1 aromatic carbocycles. The van der Waals surface area contributed by atoms with Crippen LogP contribution in [-0.4, -0.2) is 36.5 Å². The predicted octanol–water partition coefficient (Wildman–Crippen LogP) is -0.390. The first-order valence-corrected chi connectivity index (χ1v) is 8.94. The molecule has 0 radical (unpaired) electrons. The Labute approximate surface area is 119 Å². The number of benzene rings is 1. The Hall–Kier alpha value is -1.00. The molecule has 0 saturated carbocycles. The van der Waals surface area contributed by atoms with Crippen molar-refractivity contribution in [1.29, 1.82) is 0 Å². The Morgan fingerprint density at radius 2 is 1.50 bits per heavy atom. The normalized spacial score (nSPS) is 14.2. The first kappa shape index (κ1) is 17.1. The van der Waals surface area contributed by atoms with Gasteiger partial charge in [0.05, 0.1) is 9.79 Å². The van der Waals surface area contributed by atoms with Crippen molar-refractivity contribution in [3.63, 3.8) is 0 Å². The summed E-state index contributed by atoms with van der Waals surface area (Å²) in [5.41, 5.74) is 5.54. The van der Waals surface area contributed by atoms with Gasteiger partial charge < -0.3 is 5.73 Å². The summed E-state index contributed by atoms with van der Waals surface area (Å²) < 4.78 is 51.5. The maximum atomic E-state index is 11.9. The average molecular weight is 321 g/mol. The Kier molecular flexibility index (Phi) is 5.66.